The molecule has 90 valence electrons. The molecule has 0 bridgehead atoms. The van der Waals surface area contributed by atoms with E-state index >= 15 is 0 Å². The van der Waals surface area contributed by atoms with E-state index in [4.69, 9.17) is 0 Å². The van der Waals surface area contributed by atoms with Crippen LogP contribution in [0.15, 0.2) is 30.3 Å². The Morgan fingerprint density at radius 3 is 2.31 bits per heavy atom. The van der Waals surface area contributed by atoms with Gasteiger partial charge in [0.25, 0.3) is 0 Å². The van der Waals surface area contributed by atoms with Gasteiger partial charge in [-0.1, -0.05) is 69.7 Å². The number of benzene rings is 1. The van der Waals surface area contributed by atoms with E-state index in [1.54, 1.807) is 0 Å². The molecular formula is C15H26Si. The van der Waals surface area contributed by atoms with Crippen LogP contribution in [0.3, 0.4) is 0 Å². The predicted molar refractivity (Wildman–Crippen MR) is 76.8 cm³/mol. The van der Waals surface area contributed by atoms with Crippen molar-refractivity contribution in [2.24, 2.45) is 0 Å². The molecule has 0 radical (unpaired) electrons. The fraction of sp³-hybridized carbons (Fsp3) is 0.600. The molecule has 0 aliphatic carbocycles. The molecule has 0 aliphatic heterocycles. The molecule has 0 amide bonds. The van der Waals surface area contributed by atoms with Crippen LogP contribution in [-0.4, -0.2) is 8.07 Å². The molecule has 0 heterocycles. The first-order valence-electron chi connectivity index (χ1n) is 6.60. The van der Waals surface area contributed by atoms with Crippen LogP contribution in [0.2, 0.25) is 24.7 Å². The molecule has 1 heteroatoms. The van der Waals surface area contributed by atoms with Gasteiger partial charge in [0.1, 0.15) is 0 Å². The van der Waals surface area contributed by atoms with Gasteiger partial charge in [-0.3, -0.25) is 0 Å². The lowest BCUT2D eigenvalue weighted by molar-refractivity contribution is 0.755. The second kappa shape index (κ2) is 6.24. The number of rotatable bonds is 6. The van der Waals surface area contributed by atoms with Crippen molar-refractivity contribution in [3.8, 4) is 0 Å². The molecule has 1 aromatic rings. The normalized spacial score (nSPS) is 13.8. The lowest BCUT2D eigenvalue weighted by Crippen LogP contribution is -2.30. The van der Waals surface area contributed by atoms with Gasteiger partial charge in [0, 0.05) is 0 Å². The zero-order valence-electron chi connectivity index (χ0n) is 11.3. The molecule has 0 aromatic heterocycles. The zero-order valence-corrected chi connectivity index (χ0v) is 12.3. The fourth-order valence-corrected chi connectivity index (χ4v) is 5.02. The molecule has 16 heavy (non-hydrogen) atoms. The van der Waals surface area contributed by atoms with E-state index in [1.807, 2.05) is 0 Å². The molecule has 0 N–H and O–H groups in total. The number of hydrogen-bond acceptors (Lipinski definition) is 0. The van der Waals surface area contributed by atoms with Crippen molar-refractivity contribution in [3.05, 3.63) is 35.9 Å². The average Bonchev–Trinajstić information content (AvgIpc) is 2.27. The SMILES string of the molecule is CCC[Si](C)(C)C(C)CCc1ccccc1. The largest absolute Gasteiger partial charge is 0.0692 e. The van der Waals surface area contributed by atoms with E-state index in [0.717, 1.165) is 5.54 Å². The van der Waals surface area contributed by atoms with E-state index in [9.17, 15) is 0 Å². The number of aryl methyl sites for hydroxylation is 1. The average molecular weight is 234 g/mol. The van der Waals surface area contributed by atoms with Gasteiger partial charge in [0.05, 0.1) is 8.07 Å². The van der Waals surface area contributed by atoms with Gasteiger partial charge in [0.15, 0.2) is 0 Å². The second-order valence-corrected chi connectivity index (χ2v) is 11.1. The van der Waals surface area contributed by atoms with Gasteiger partial charge in [-0.05, 0) is 23.9 Å². The molecule has 1 aromatic carbocycles. The molecular weight excluding hydrogens is 208 g/mol. The molecule has 0 saturated carbocycles. The van der Waals surface area contributed by atoms with E-state index in [-0.39, 0.29) is 0 Å². The summed E-state index contributed by atoms with van der Waals surface area (Å²) >= 11 is 0. The Morgan fingerprint density at radius 1 is 1.12 bits per heavy atom. The Labute approximate surface area is 102 Å². The second-order valence-electron chi connectivity index (χ2n) is 5.66. The summed E-state index contributed by atoms with van der Waals surface area (Å²) in [7, 11) is -0.961. The first kappa shape index (κ1) is 13.5. The highest BCUT2D eigenvalue weighted by atomic mass is 28.3. The monoisotopic (exact) mass is 234 g/mol. The molecule has 0 nitrogen and oxygen atoms in total. The van der Waals surface area contributed by atoms with Gasteiger partial charge in [-0.25, -0.2) is 0 Å². The first-order chi connectivity index (χ1) is 7.56. The highest BCUT2D eigenvalue weighted by Gasteiger charge is 2.26. The molecule has 1 unspecified atom stereocenters. The van der Waals surface area contributed by atoms with Crippen LogP contribution in [0.4, 0.5) is 0 Å². The van der Waals surface area contributed by atoms with Gasteiger partial charge >= 0.3 is 0 Å². The summed E-state index contributed by atoms with van der Waals surface area (Å²) in [6.45, 7) is 9.88. The summed E-state index contributed by atoms with van der Waals surface area (Å²) in [6, 6.07) is 12.4. The van der Waals surface area contributed by atoms with Crippen molar-refractivity contribution in [2.45, 2.75) is 57.8 Å². The molecule has 0 spiro atoms. The minimum Gasteiger partial charge on any atom is -0.0692 e. The highest BCUT2D eigenvalue weighted by Crippen LogP contribution is 2.30. The van der Waals surface area contributed by atoms with Crippen molar-refractivity contribution < 1.29 is 0 Å². The Balaban J connectivity index is 2.43. The van der Waals surface area contributed by atoms with E-state index in [2.05, 4.69) is 57.3 Å². The number of hydrogen-bond donors (Lipinski definition) is 0. The summed E-state index contributed by atoms with van der Waals surface area (Å²) in [6.07, 6.45) is 3.97. The first-order valence-corrected chi connectivity index (χ1v) is 9.88. The predicted octanol–water partition coefficient (Wildman–Crippen LogP) is 5.13. The summed E-state index contributed by atoms with van der Waals surface area (Å²) in [5.74, 6) is 0. The van der Waals surface area contributed by atoms with Gasteiger partial charge in [0.2, 0.25) is 0 Å². The minimum atomic E-state index is -0.961. The van der Waals surface area contributed by atoms with Gasteiger partial charge in [-0.2, -0.15) is 0 Å². The Bertz CT molecular complexity index is 290. The van der Waals surface area contributed by atoms with Crippen LogP contribution in [-0.2, 0) is 6.42 Å². The molecule has 1 atom stereocenters. The van der Waals surface area contributed by atoms with Crippen LogP contribution in [0.5, 0.6) is 0 Å². The van der Waals surface area contributed by atoms with Gasteiger partial charge in [-0.15, -0.1) is 0 Å². The molecule has 1 rings (SSSR count). The van der Waals surface area contributed by atoms with Crippen molar-refractivity contribution in [2.75, 3.05) is 0 Å². The van der Waals surface area contributed by atoms with Crippen LogP contribution < -0.4 is 0 Å². The van der Waals surface area contributed by atoms with E-state index in [1.165, 1.54) is 30.9 Å². The van der Waals surface area contributed by atoms with Crippen LogP contribution in [0.1, 0.15) is 32.3 Å². The van der Waals surface area contributed by atoms with E-state index < -0.39 is 8.07 Å². The maximum absolute atomic E-state index is 2.55. The third-order valence-electron chi connectivity index (χ3n) is 3.94. The van der Waals surface area contributed by atoms with E-state index in [0.29, 0.717) is 0 Å². The minimum absolute atomic E-state index is 0.938. The lowest BCUT2D eigenvalue weighted by Gasteiger charge is -2.29. The summed E-state index contributed by atoms with van der Waals surface area (Å²) in [5.41, 5.74) is 2.43. The third kappa shape index (κ3) is 4.13. The van der Waals surface area contributed by atoms with Crippen LogP contribution in [0.25, 0.3) is 0 Å². The maximum Gasteiger partial charge on any atom is 0.0502 e. The summed E-state index contributed by atoms with van der Waals surface area (Å²) in [4.78, 5) is 0. The zero-order chi connectivity index (χ0) is 12.0. The molecule has 0 saturated heterocycles. The standard InChI is InChI=1S/C15H26Si/c1-5-13-16(3,4)14(2)11-12-15-9-7-6-8-10-15/h6-10,14H,5,11-13H2,1-4H3. The van der Waals surface area contributed by atoms with Crippen molar-refractivity contribution in [1.29, 1.82) is 0 Å². The lowest BCUT2D eigenvalue weighted by atomic mass is 10.1. The third-order valence-corrected chi connectivity index (χ3v) is 8.68. The summed E-state index contributed by atoms with van der Waals surface area (Å²) < 4.78 is 0. The molecule has 0 fully saturated rings. The van der Waals surface area contributed by atoms with Crippen molar-refractivity contribution in [1.82, 2.24) is 0 Å². The van der Waals surface area contributed by atoms with Gasteiger partial charge < -0.3 is 0 Å². The summed E-state index contributed by atoms with van der Waals surface area (Å²) in [5, 5.41) is 0. The topological polar surface area (TPSA) is 0 Å². The Kier molecular flexibility index (Phi) is 5.27. The fourth-order valence-electron chi connectivity index (χ4n) is 2.31. The van der Waals surface area contributed by atoms with Crippen molar-refractivity contribution in [3.63, 3.8) is 0 Å². The van der Waals surface area contributed by atoms with Crippen LogP contribution in [0, 0.1) is 0 Å². The highest BCUT2D eigenvalue weighted by molar-refractivity contribution is 6.78. The van der Waals surface area contributed by atoms with Crippen molar-refractivity contribution >= 4 is 8.07 Å². The van der Waals surface area contributed by atoms with Crippen LogP contribution >= 0.6 is 0 Å². The molecule has 0 aliphatic rings. The Morgan fingerprint density at radius 2 is 1.75 bits per heavy atom. The smallest absolute Gasteiger partial charge is 0.0502 e. The quantitative estimate of drug-likeness (QED) is 0.599. The maximum atomic E-state index is 2.55. The Hall–Kier alpha value is -0.563.